The Balaban J connectivity index is 1.79. The molecule has 0 saturated carbocycles. The fourth-order valence-corrected chi connectivity index (χ4v) is 2.60. The van der Waals surface area contributed by atoms with E-state index in [9.17, 15) is 0 Å². The lowest BCUT2D eigenvalue weighted by Gasteiger charge is -2.26. The highest BCUT2D eigenvalue weighted by Crippen LogP contribution is 2.22. The summed E-state index contributed by atoms with van der Waals surface area (Å²) < 4.78 is 6.50. The van der Waals surface area contributed by atoms with Gasteiger partial charge in [0.05, 0.1) is 5.56 Å². The van der Waals surface area contributed by atoms with Crippen molar-refractivity contribution >= 4 is 15.9 Å². The summed E-state index contributed by atoms with van der Waals surface area (Å²) in [5.41, 5.74) is 0.637. The van der Waals surface area contributed by atoms with Gasteiger partial charge in [0.25, 0.3) is 0 Å². The molecule has 1 aliphatic rings. The Kier molecular flexibility index (Phi) is 5.03. The first-order valence-electron chi connectivity index (χ1n) is 6.34. The maximum atomic E-state index is 8.83. The smallest absolute Gasteiger partial charge is 0.120 e. The first-order valence-corrected chi connectivity index (χ1v) is 7.14. The second-order valence-corrected chi connectivity index (χ2v) is 5.36. The highest BCUT2D eigenvalue weighted by Gasteiger charge is 2.09. The van der Waals surface area contributed by atoms with E-state index >= 15 is 0 Å². The van der Waals surface area contributed by atoms with Gasteiger partial charge < -0.3 is 4.74 Å². The van der Waals surface area contributed by atoms with Crippen molar-refractivity contribution in [3.05, 3.63) is 28.2 Å². The highest BCUT2D eigenvalue weighted by atomic mass is 79.9. The van der Waals surface area contributed by atoms with Gasteiger partial charge in [-0.05, 0) is 60.1 Å². The van der Waals surface area contributed by atoms with E-state index in [-0.39, 0.29) is 0 Å². The number of nitrogens with zero attached hydrogens (tertiary/aromatic N) is 2. The van der Waals surface area contributed by atoms with Crippen LogP contribution in [0.5, 0.6) is 5.75 Å². The van der Waals surface area contributed by atoms with Crippen LogP contribution in [0.2, 0.25) is 0 Å². The molecule has 0 unspecified atom stereocenters. The first kappa shape index (κ1) is 13.4. The zero-order valence-corrected chi connectivity index (χ0v) is 11.9. The normalized spacial score (nSPS) is 16.2. The molecule has 1 aromatic rings. The quantitative estimate of drug-likeness (QED) is 0.857. The Labute approximate surface area is 116 Å². The number of benzene rings is 1. The van der Waals surface area contributed by atoms with Gasteiger partial charge >= 0.3 is 0 Å². The zero-order valence-electron chi connectivity index (χ0n) is 10.4. The van der Waals surface area contributed by atoms with E-state index in [1.165, 1.54) is 32.4 Å². The Hall–Kier alpha value is -1.05. The third-order valence-electron chi connectivity index (χ3n) is 3.19. The minimum atomic E-state index is 0.637. The lowest BCUT2D eigenvalue weighted by atomic mass is 10.1. The van der Waals surface area contributed by atoms with Crippen LogP contribution in [0.1, 0.15) is 24.8 Å². The van der Waals surface area contributed by atoms with Crippen molar-refractivity contribution in [2.24, 2.45) is 0 Å². The molecule has 0 radical (unpaired) electrons. The van der Waals surface area contributed by atoms with E-state index in [4.69, 9.17) is 10.00 Å². The van der Waals surface area contributed by atoms with E-state index in [2.05, 4.69) is 26.9 Å². The molecule has 0 spiro atoms. The van der Waals surface area contributed by atoms with E-state index in [0.29, 0.717) is 12.2 Å². The predicted molar refractivity (Wildman–Crippen MR) is 74.6 cm³/mol. The third-order valence-corrected chi connectivity index (χ3v) is 3.84. The van der Waals surface area contributed by atoms with Crippen LogP contribution in [0.25, 0.3) is 0 Å². The molecule has 0 aromatic heterocycles. The van der Waals surface area contributed by atoms with Crippen LogP contribution in [0.4, 0.5) is 0 Å². The van der Waals surface area contributed by atoms with Gasteiger partial charge in [0.15, 0.2) is 0 Å². The summed E-state index contributed by atoms with van der Waals surface area (Å²) in [5, 5.41) is 8.83. The van der Waals surface area contributed by atoms with Gasteiger partial charge in [-0.1, -0.05) is 6.42 Å². The molecule has 0 aliphatic carbocycles. The molecular weight excluding hydrogens is 292 g/mol. The van der Waals surface area contributed by atoms with Gasteiger partial charge in [-0.25, -0.2) is 0 Å². The van der Waals surface area contributed by atoms with Gasteiger partial charge in [0.2, 0.25) is 0 Å². The lowest BCUT2D eigenvalue weighted by Crippen LogP contribution is -2.33. The maximum absolute atomic E-state index is 8.83. The van der Waals surface area contributed by atoms with Crippen LogP contribution < -0.4 is 4.74 Å². The Morgan fingerprint density at radius 3 is 2.72 bits per heavy atom. The van der Waals surface area contributed by atoms with E-state index in [1.807, 2.05) is 12.1 Å². The largest absolute Gasteiger partial charge is 0.492 e. The minimum absolute atomic E-state index is 0.637. The number of ether oxygens (including phenoxy) is 1. The van der Waals surface area contributed by atoms with Crippen LogP contribution in [0, 0.1) is 11.3 Å². The standard InChI is InChI=1S/C14H17BrN2O/c15-14-10-13(5-4-12(14)11-16)18-9-8-17-6-2-1-3-7-17/h4-5,10H,1-3,6-9H2. The van der Waals surface area contributed by atoms with Crippen molar-refractivity contribution in [1.82, 2.24) is 4.90 Å². The SMILES string of the molecule is N#Cc1ccc(OCCN2CCCCC2)cc1Br. The van der Waals surface area contributed by atoms with Gasteiger partial charge in [0, 0.05) is 11.0 Å². The van der Waals surface area contributed by atoms with E-state index in [1.54, 1.807) is 6.07 Å². The van der Waals surface area contributed by atoms with E-state index in [0.717, 1.165) is 16.8 Å². The minimum Gasteiger partial charge on any atom is -0.492 e. The van der Waals surface area contributed by atoms with Gasteiger partial charge in [0.1, 0.15) is 18.4 Å². The summed E-state index contributed by atoms with van der Waals surface area (Å²) in [6, 6.07) is 7.60. The molecule has 0 atom stereocenters. The summed E-state index contributed by atoms with van der Waals surface area (Å²) in [4.78, 5) is 2.45. The molecule has 1 aliphatic heterocycles. The number of rotatable bonds is 4. The average Bonchev–Trinajstić information content (AvgIpc) is 2.40. The maximum Gasteiger partial charge on any atom is 0.120 e. The fourth-order valence-electron chi connectivity index (χ4n) is 2.15. The molecule has 1 heterocycles. The molecule has 96 valence electrons. The van der Waals surface area contributed by atoms with Crippen LogP contribution in [-0.2, 0) is 0 Å². The number of piperidine rings is 1. The molecule has 1 aromatic carbocycles. The van der Waals surface area contributed by atoms with Gasteiger partial charge in [-0.2, -0.15) is 5.26 Å². The average molecular weight is 309 g/mol. The van der Waals surface area contributed by atoms with Crippen molar-refractivity contribution in [3.63, 3.8) is 0 Å². The van der Waals surface area contributed by atoms with Crippen molar-refractivity contribution < 1.29 is 4.74 Å². The van der Waals surface area contributed by atoms with Crippen LogP contribution >= 0.6 is 15.9 Å². The van der Waals surface area contributed by atoms with Crippen molar-refractivity contribution in [3.8, 4) is 11.8 Å². The lowest BCUT2D eigenvalue weighted by molar-refractivity contribution is 0.183. The molecule has 18 heavy (non-hydrogen) atoms. The fraction of sp³-hybridized carbons (Fsp3) is 0.500. The molecule has 0 bridgehead atoms. The molecule has 2 rings (SSSR count). The molecule has 0 amide bonds. The Morgan fingerprint density at radius 1 is 1.28 bits per heavy atom. The van der Waals surface area contributed by atoms with Gasteiger partial charge in [-0.15, -0.1) is 0 Å². The van der Waals surface area contributed by atoms with Crippen molar-refractivity contribution in [2.75, 3.05) is 26.2 Å². The summed E-state index contributed by atoms with van der Waals surface area (Å²) >= 11 is 3.36. The number of halogens is 1. The summed E-state index contributed by atoms with van der Waals surface area (Å²) in [7, 11) is 0. The first-order chi connectivity index (χ1) is 8.79. The highest BCUT2D eigenvalue weighted by molar-refractivity contribution is 9.10. The second kappa shape index (κ2) is 6.77. The van der Waals surface area contributed by atoms with Crippen LogP contribution in [0.15, 0.2) is 22.7 Å². The topological polar surface area (TPSA) is 36.3 Å². The molecule has 1 fully saturated rings. The number of hydrogen-bond donors (Lipinski definition) is 0. The van der Waals surface area contributed by atoms with Crippen molar-refractivity contribution in [1.29, 1.82) is 5.26 Å². The number of nitriles is 1. The van der Waals surface area contributed by atoms with Gasteiger partial charge in [-0.3, -0.25) is 4.90 Å². The predicted octanol–water partition coefficient (Wildman–Crippen LogP) is 3.19. The molecule has 0 N–H and O–H groups in total. The van der Waals surface area contributed by atoms with Crippen LogP contribution in [-0.4, -0.2) is 31.1 Å². The molecule has 1 saturated heterocycles. The number of hydrogen-bond acceptors (Lipinski definition) is 3. The molecule has 4 heteroatoms. The monoisotopic (exact) mass is 308 g/mol. The molecule has 3 nitrogen and oxygen atoms in total. The second-order valence-electron chi connectivity index (χ2n) is 4.50. The summed E-state index contributed by atoms with van der Waals surface area (Å²) in [5.74, 6) is 0.817. The Morgan fingerprint density at radius 2 is 2.06 bits per heavy atom. The van der Waals surface area contributed by atoms with Crippen molar-refractivity contribution in [2.45, 2.75) is 19.3 Å². The van der Waals surface area contributed by atoms with E-state index < -0.39 is 0 Å². The number of likely N-dealkylation sites (tertiary alicyclic amines) is 1. The molecular formula is C14H17BrN2O. The summed E-state index contributed by atoms with van der Waals surface area (Å²) in [6.07, 6.45) is 3.98. The third kappa shape index (κ3) is 3.72. The zero-order chi connectivity index (χ0) is 12.8. The Bertz CT molecular complexity index is 436. The summed E-state index contributed by atoms with van der Waals surface area (Å²) in [6.45, 7) is 4.08. The van der Waals surface area contributed by atoms with Crippen LogP contribution in [0.3, 0.4) is 0 Å².